The highest BCUT2D eigenvalue weighted by Crippen LogP contribution is 2.43. The van der Waals surface area contributed by atoms with Crippen LogP contribution in [0.2, 0.25) is 0 Å². The van der Waals surface area contributed by atoms with E-state index in [2.05, 4.69) is 77.3 Å². The van der Waals surface area contributed by atoms with Crippen molar-refractivity contribution in [1.82, 2.24) is 4.90 Å². The molecule has 1 fully saturated rings. The first-order valence-corrected chi connectivity index (χ1v) is 11.9. The van der Waals surface area contributed by atoms with Crippen LogP contribution in [0.4, 0.5) is 0 Å². The van der Waals surface area contributed by atoms with Crippen LogP contribution in [0.25, 0.3) is 0 Å². The van der Waals surface area contributed by atoms with Crippen molar-refractivity contribution < 1.29 is 0 Å². The molecule has 29 heavy (non-hydrogen) atoms. The standard InChI is InChI=1S/C25H27N3S/c1-29-15-12-21-22(29)17-28(24(23(21)26)19-6-3-2-4-7-19)16-18-8-10-20(11-9-18)25(27)13-5-14-25/h2-4,6-12,15,17,24,26H,5,13-14,16,27H2,1H3. The molecular weight excluding hydrogens is 374 g/mol. The van der Waals surface area contributed by atoms with Gasteiger partial charge in [0.1, 0.15) is 0 Å². The summed E-state index contributed by atoms with van der Waals surface area (Å²) in [6.45, 7) is 0.785. The quantitative estimate of drug-likeness (QED) is 0.702. The molecule has 0 radical (unpaired) electrons. The van der Waals surface area contributed by atoms with Gasteiger partial charge in [0.15, 0.2) is 0 Å². The molecule has 0 spiro atoms. The SMILES string of the molecule is CS1=CC=C2C(=N)C(c3ccccc3)N(Cc3ccc(C4(N)CCC4)cc3)C=C21. The van der Waals surface area contributed by atoms with Gasteiger partial charge in [-0.3, -0.25) is 0 Å². The van der Waals surface area contributed by atoms with Crippen LogP contribution in [-0.2, 0) is 12.1 Å². The molecule has 0 saturated heterocycles. The van der Waals surface area contributed by atoms with Crippen LogP contribution < -0.4 is 5.73 Å². The van der Waals surface area contributed by atoms with E-state index >= 15 is 0 Å². The third kappa shape index (κ3) is 3.21. The molecule has 2 atom stereocenters. The average Bonchev–Trinajstić information content (AvgIpc) is 3.09. The molecule has 2 heterocycles. The molecule has 1 saturated carbocycles. The lowest BCUT2D eigenvalue weighted by molar-refractivity contribution is 0.253. The van der Waals surface area contributed by atoms with Crippen LogP contribution in [0, 0.1) is 5.41 Å². The highest BCUT2D eigenvalue weighted by atomic mass is 32.2. The molecule has 1 aliphatic carbocycles. The number of nitrogens with zero attached hydrogens (tertiary/aromatic N) is 1. The Labute approximate surface area is 175 Å². The van der Waals surface area contributed by atoms with E-state index in [-0.39, 0.29) is 22.1 Å². The van der Waals surface area contributed by atoms with Crippen molar-refractivity contribution >= 4 is 21.6 Å². The zero-order chi connectivity index (χ0) is 20.0. The number of nitrogens with one attached hydrogen (secondary N) is 1. The Morgan fingerprint density at radius 2 is 1.83 bits per heavy atom. The minimum Gasteiger partial charge on any atom is -0.359 e. The minimum atomic E-state index is -0.115. The topological polar surface area (TPSA) is 53.1 Å². The predicted molar refractivity (Wildman–Crippen MR) is 124 cm³/mol. The molecule has 3 N–H and O–H groups in total. The molecule has 148 valence electrons. The van der Waals surface area contributed by atoms with Crippen LogP contribution >= 0.6 is 10.5 Å². The molecule has 2 aromatic carbocycles. The minimum absolute atomic E-state index is 0.0538. The summed E-state index contributed by atoms with van der Waals surface area (Å²) in [5, 5.41) is 11.2. The number of hydrogen-bond acceptors (Lipinski definition) is 3. The molecule has 2 unspecified atom stereocenters. The second kappa shape index (κ2) is 7.12. The Balaban J connectivity index is 1.48. The van der Waals surface area contributed by atoms with E-state index in [1.54, 1.807) is 0 Å². The molecule has 0 amide bonds. The number of benzene rings is 2. The Hall–Kier alpha value is -2.43. The Bertz CT molecular complexity index is 1040. The van der Waals surface area contributed by atoms with Gasteiger partial charge >= 0.3 is 0 Å². The van der Waals surface area contributed by atoms with Gasteiger partial charge in [0.05, 0.1) is 11.8 Å². The van der Waals surface area contributed by atoms with Crippen molar-refractivity contribution in [3.63, 3.8) is 0 Å². The predicted octanol–water partition coefficient (Wildman–Crippen LogP) is 5.08. The van der Waals surface area contributed by atoms with Gasteiger partial charge in [-0.15, -0.1) is 0 Å². The van der Waals surface area contributed by atoms with Crippen LogP contribution in [0.5, 0.6) is 0 Å². The van der Waals surface area contributed by atoms with E-state index in [4.69, 9.17) is 11.1 Å². The average molecular weight is 402 g/mol. The number of rotatable bonds is 4. The first-order valence-electron chi connectivity index (χ1n) is 10.3. The van der Waals surface area contributed by atoms with E-state index in [0.717, 1.165) is 25.0 Å². The van der Waals surface area contributed by atoms with Gasteiger partial charge in [-0.25, -0.2) is 0 Å². The van der Waals surface area contributed by atoms with E-state index < -0.39 is 0 Å². The maximum Gasteiger partial charge on any atom is 0.0964 e. The molecule has 4 heteroatoms. The van der Waals surface area contributed by atoms with Crippen LogP contribution in [0.3, 0.4) is 0 Å². The zero-order valence-corrected chi connectivity index (χ0v) is 17.6. The van der Waals surface area contributed by atoms with E-state index in [1.165, 1.54) is 28.0 Å². The number of nitrogens with two attached hydrogens (primary N) is 1. The fourth-order valence-electron chi connectivity index (χ4n) is 4.54. The molecule has 3 nitrogen and oxygen atoms in total. The van der Waals surface area contributed by atoms with Crippen LogP contribution in [-0.4, -0.2) is 22.2 Å². The zero-order valence-electron chi connectivity index (χ0n) is 16.8. The Morgan fingerprint density at radius 3 is 2.48 bits per heavy atom. The molecular formula is C25H27N3S. The van der Waals surface area contributed by atoms with Gasteiger partial charge in [-0.05, 0) is 53.7 Å². The summed E-state index contributed by atoms with van der Waals surface area (Å²) in [7, 11) is 0.0753. The second-order valence-corrected chi connectivity index (χ2v) is 10.2. The van der Waals surface area contributed by atoms with Crippen molar-refractivity contribution in [1.29, 1.82) is 5.41 Å². The van der Waals surface area contributed by atoms with E-state index in [0.29, 0.717) is 5.71 Å². The van der Waals surface area contributed by atoms with Gasteiger partial charge in [-0.2, -0.15) is 10.5 Å². The first-order chi connectivity index (χ1) is 14.0. The van der Waals surface area contributed by atoms with Crippen molar-refractivity contribution in [2.24, 2.45) is 5.73 Å². The van der Waals surface area contributed by atoms with Gasteiger partial charge in [0.25, 0.3) is 0 Å². The van der Waals surface area contributed by atoms with Gasteiger partial charge < -0.3 is 16.0 Å². The molecule has 2 aromatic rings. The fraction of sp³-hybridized carbons (Fsp3) is 0.280. The fourth-order valence-corrected chi connectivity index (χ4v) is 5.86. The van der Waals surface area contributed by atoms with Crippen molar-refractivity contribution in [2.75, 3.05) is 6.26 Å². The van der Waals surface area contributed by atoms with Gasteiger partial charge in [-0.1, -0.05) is 54.6 Å². The van der Waals surface area contributed by atoms with Crippen LogP contribution in [0.1, 0.15) is 42.0 Å². The first kappa shape index (κ1) is 18.6. The number of fused-ring (bicyclic) bond motifs is 1. The van der Waals surface area contributed by atoms with Gasteiger partial charge in [0.2, 0.25) is 0 Å². The maximum absolute atomic E-state index is 8.96. The third-order valence-corrected chi connectivity index (χ3v) is 8.05. The lowest BCUT2D eigenvalue weighted by Gasteiger charge is -2.39. The summed E-state index contributed by atoms with van der Waals surface area (Å²) >= 11 is 0. The monoisotopic (exact) mass is 401 g/mol. The lowest BCUT2D eigenvalue weighted by atomic mass is 9.73. The summed E-state index contributed by atoms with van der Waals surface area (Å²) in [6.07, 6.45) is 10.1. The Morgan fingerprint density at radius 1 is 1.10 bits per heavy atom. The summed E-state index contributed by atoms with van der Waals surface area (Å²) < 4.78 is 0. The molecule has 3 aliphatic rings. The molecule has 2 aliphatic heterocycles. The van der Waals surface area contributed by atoms with E-state index in [1.807, 2.05) is 6.07 Å². The lowest BCUT2D eigenvalue weighted by Crippen LogP contribution is -2.43. The third-order valence-electron chi connectivity index (χ3n) is 6.48. The largest absolute Gasteiger partial charge is 0.359 e. The smallest absolute Gasteiger partial charge is 0.0964 e. The molecule has 0 bridgehead atoms. The van der Waals surface area contributed by atoms with Crippen molar-refractivity contribution in [3.05, 3.63) is 94.0 Å². The molecule has 5 rings (SSSR count). The number of hydrogen-bond donors (Lipinski definition) is 2. The normalized spacial score (nSPS) is 24.9. The summed E-state index contributed by atoms with van der Waals surface area (Å²) in [5.74, 6) is 0. The van der Waals surface area contributed by atoms with Crippen molar-refractivity contribution in [2.45, 2.75) is 37.4 Å². The van der Waals surface area contributed by atoms with Crippen molar-refractivity contribution in [3.8, 4) is 0 Å². The summed E-state index contributed by atoms with van der Waals surface area (Å²) in [5.41, 5.74) is 11.9. The summed E-state index contributed by atoms with van der Waals surface area (Å²) in [6, 6.07) is 19.2. The van der Waals surface area contributed by atoms with Crippen LogP contribution in [0.15, 0.2) is 77.4 Å². The summed E-state index contributed by atoms with van der Waals surface area (Å²) in [4.78, 5) is 3.62. The highest BCUT2D eigenvalue weighted by molar-refractivity contribution is 8.18. The second-order valence-electron chi connectivity index (χ2n) is 8.37. The molecule has 0 aromatic heterocycles. The number of allylic oxidation sites excluding steroid dienone is 2. The van der Waals surface area contributed by atoms with Gasteiger partial charge in [0, 0.05) is 28.8 Å². The Kier molecular flexibility index (Phi) is 4.56. The van der Waals surface area contributed by atoms with E-state index in [9.17, 15) is 0 Å². The maximum atomic E-state index is 8.96. The highest BCUT2D eigenvalue weighted by Gasteiger charge is 2.35.